The van der Waals surface area contributed by atoms with Gasteiger partial charge in [0.2, 0.25) is 10.0 Å². The number of morpholine rings is 1. The topological polar surface area (TPSA) is 101 Å². The molecule has 160 valence electrons. The highest BCUT2D eigenvalue weighted by Gasteiger charge is 2.23. The molecular formula is C20H24N4O4S2. The Morgan fingerprint density at radius 3 is 2.60 bits per heavy atom. The van der Waals surface area contributed by atoms with Gasteiger partial charge in [-0.05, 0) is 38.1 Å². The Morgan fingerprint density at radius 1 is 1.30 bits per heavy atom. The molecule has 2 aromatic rings. The fourth-order valence-corrected chi connectivity index (χ4v) is 4.89. The number of nitrogens with zero attached hydrogens (tertiary/aromatic N) is 2. The number of thiazole rings is 1. The van der Waals surface area contributed by atoms with Crippen molar-refractivity contribution in [2.75, 3.05) is 25.0 Å². The minimum atomic E-state index is -3.69. The minimum Gasteiger partial charge on any atom is -0.373 e. The lowest BCUT2D eigenvalue weighted by atomic mass is 10.2. The molecule has 0 spiro atoms. The SMILES string of the molecule is C#CCNS(=O)(=O)c1ccc(C(=O)Nc2nc(CN3C[C@H](C)O[C@@H](C)C3)cs2)cc1. The molecule has 1 amide bonds. The van der Waals surface area contributed by atoms with Crippen molar-refractivity contribution in [1.29, 1.82) is 0 Å². The average Bonchev–Trinajstić information content (AvgIpc) is 3.12. The first kappa shape index (κ1) is 22.4. The van der Waals surface area contributed by atoms with E-state index < -0.39 is 10.0 Å². The predicted molar refractivity (Wildman–Crippen MR) is 116 cm³/mol. The fraction of sp³-hybridized carbons (Fsp3) is 0.400. The number of carbonyl (C=O) groups is 1. The van der Waals surface area contributed by atoms with Gasteiger partial charge in [0.05, 0.1) is 29.3 Å². The third-order valence-electron chi connectivity index (χ3n) is 4.44. The lowest BCUT2D eigenvalue weighted by Gasteiger charge is -2.34. The van der Waals surface area contributed by atoms with Gasteiger partial charge in [-0.2, -0.15) is 4.72 Å². The summed E-state index contributed by atoms with van der Waals surface area (Å²) in [5, 5.41) is 5.18. The zero-order valence-corrected chi connectivity index (χ0v) is 18.4. The van der Waals surface area contributed by atoms with Crippen LogP contribution in [0.3, 0.4) is 0 Å². The summed E-state index contributed by atoms with van der Waals surface area (Å²) in [5.74, 6) is 1.86. The molecule has 0 aliphatic carbocycles. The molecule has 3 rings (SSSR count). The highest BCUT2D eigenvalue weighted by atomic mass is 32.2. The first-order chi connectivity index (χ1) is 14.3. The van der Waals surface area contributed by atoms with Crippen LogP contribution in [0.5, 0.6) is 0 Å². The van der Waals surface area contributed by atoms with E-state index >= 15 is 0 Å². The normalized spacial score (nSPS) is 19.9. The first-order valence-electron chi connectivity index (χ1n) is 9.43. The summed E-state index contributed by atoms with van der Waals surface area (Å²) < 4.78 is 32.1. The number of sulfonamides is 1. The van der Waals surface area contributed by atoms with E-state index in [-0.39, 0.29) is 29.6 Å². The minimum absolute atomic E-state index is 0.0415. The number of rotatable bonds is 7. The molecule has 1 aliphatic heterocycles. The summed E-state index contributed by atoms with van der Waals surface area (Å²) >= 11 is 1.35. The van der Waals surface area contributed by atoms with Gasteiger partial charge in [-0.25, -0.2) is 13.4 Å². The summed E-state index contributed by atoms with van der Waals surface area (Å²) in [5.41, 5.74) is 1.22. The van der Waals surface area contributed by atoms with Crippen molar-refractivity contribution in [2.45, 2.75) is 37.5 Å². The second kappa shape index (κ2) is 9.68. The van der Waals surface area contributed by atoms with Crippen LogP contribution < -0.4 is 10.0 Å². The lowest BCUT2D eigenvalue weighted by molar-refractivity contribution is -0.0707. The van der Waals surface area contributed by atoms with Crippen LogP contribution in [-0.2, 0) is 21.3 Å². The summed E-state index contributed by atoms with van der Waals surface area (Å²) in [4.78, 5) is 19.3. The van der Waals surface area contributed by atoms with Gasteiger partial charge >= 0.3 is 0 Å². The van der Waals surface area contributed by atoms with E-state index in [1.54, 1.807) is 0 Å². The molecular weight excluding hydrogens is 424 g/mol. The van der Waals surface area contributed by atoms with E-state index in [4.69, 9.17) is 11.2 Å². The third kappa shape index (κ3) is 5.87. The first-order valence-corrected chi connectivity index (χ1v) is 11.8. The predicted octanol–water partition coefficient (Wildman–Crippen LogP) is 1.92. The quantitative estimate of drug-likeness (QED) is 0.628. The molecule has 1 saturated heterocycles. The van der Waals surface area contributed by atoms with Crippen LogP contribution in [-0.4, -0.2) is 56.1 Å². The second-order valence-electron chi connectivity index (χ2n) is 7.10. The number of ether oxygens (including phenoxy) is 1. The van der Waals surface area contributed by atoms with Crippen LogP contribution in [0.15, 0.2) is 34.5 Å². The molecule has 2 N–H and O–H groups in total. The molecule has 0 bridgehead atoms. The number of carbonyl (C=O) groups excluding carboxylic acids is 1. The Hall–Kier alpha value is -2.29. The van der Waals surface area contributed by atoms with E-state index in [9.17, 15) is 13.2 Å². The van der Waals surface area contributed by atoms with Crippen LogP contribution in [0.4, 0.5) is 5.13 Å². The van der Waals surface area contributed by atoms with Crippen molar-refractivity contribution in [1.82, 2.24) is 14.6 Å². The van der Waals surface area contributed by atoms with Crippen molar-refractivity contribution in [3.8, 4) is 12.3 Å². The van der Waals surface area contributed by atoms with Gasteiger partial charge in [-0.15, -0.1) is 17.8 Å². The average molecular weight is 449 g/mol. The van der Waals surface area contributed by atoms with E-state index in [1.807, 2.05) is 5.38 Å². The van der Waals surface area contributed by atoms with E-state index in [2.05, 4.69) is 39.7 Å². The summed E-state index contributed by atoms with van der Waals surface area (Å²) in [6, 6.07) is 5.62. The van der Waals surface area contributed by atoms with E-state index in [0.29, 0.717) is 17.2 Å². The summed E-state index contributed by atoms with van der Waals surface area (Å²) in [6.07, 6.45) is 5.44. The van der Waals surface area contributed by atoms with Crippen molar-refractivity contribution < 1.29 is 17.9 Å². The van der Waals surface area contributed by atoms with Gasteiger partial charge in [0.15, 0.2) is 5.13 Å². The highest BCUT2D eigenvalue weighted by molar-refractivity contribution is 7.89. The molecule has 1 fully saturated rings. The van der Waals surface area contributed by atoms with Crippen molar-refractivity contribution in [3.63, 3.8) is 0 Å². The molecule has 0 unspecified atom stereocenters. The van der Waals surface area contributed by atoms with Crippen molar-refractivity contribution in [3.05, 3.63) is 40.9 Å². The molecule has 10 heteroatoms. The Bertz CT molecular complexity index is 1020. The van der Waals surface area contributed by atoms with Gasteiger partial charge in [0.25, 0.3) is 5.91 Å². The smallest absolute Gasteiger partial charge is 0.257 e. The maximum absolute atomic E-state index is 12.5. The lowest BCUT2D eigenvalue weighted by Crippen LogP contribution is -2.44. The maximum atomic E-state index is 12.5. The molecule has 1 aromatic heterocycles. The zero-order chi connectivity index (χ0) is 21.7. The standard InChI is InChI=1S/C20H24N4O4S2/c1-4-9-21-30(26,27)18-7-5-16(6-8-18)19(25)23-20-22-17(13-29-20)12-24-10-14(2)28-15(3)11-24/h1,5-8,13-15,21H,9-12H2,2-3H3,(H,22,23,25)/t14-,15-/m0/s1. The number of aromatic nitrogens is 1. The Labute approximate surface area is 180 Å². The maximum Gasteiger partial charge on any atom is 0.257 e. The Kier molecular flexibility index (Phi) is 7.23. The van der Waals surface area contributed by atoms with Crippen molar-refractivity contribution >= 4 is 32.4 Å². The molecule has 2 atom stereocenters. The van der Waals surface area contributed by atoms with Crippen molar-refractivity contribution in [2.24, 2.45) is 0 Å². The summed E-state index contributed by atoms with van der Waals surface area (Å²) in [6.45, 7) is 6.39. The largest absolute Gasteiger partial charge is 0.373 e. The second-order valence-corrected chi connectivity index (χ2v) is 9.73. The number of terminal acetylenes is 1. The monoisotopic (exact) mass is 448 g/mol. The number of hydrogen-bond acceptors (Lipinski definition) is 7. The van der Waals surface area contributed by atoms with Crippen LogP contribution >= 0.6 is 11.3 Å². The van der Waals surface area contributed by atoms with Crippen LogP contribution in [0.25, 0.3) is 0 Å². The molecule has 0 radical (unpaired) electrons. The Balaban J connectivity index is 1.59. The van der Waals surface area contributed by atoms with Crippen LogP contribution in [0.1, 0.15) is 29.9 Å². The fourth-order valence-electron chi connectivity index (χ4n) is 3.25. The molecule has 1 aromatic carbocycles. The number of anilines is 1. The molecule has 8 nitrogen and oxygen atoms in total. The molecule has 1 aliphatic rings. The molecule has 30 heavy (non-hydrogen) atoms. The zero-order valence-electron chi connectivity index (χ0n) is 16.8. The van der Waals surface area contributed by atoms with Crippen LogP contribution in [0.2, 0.25) is 0 Å². The number of amides is 1. The summed E-state index contributed by atoms with van der Waals surface area (Å²) in [7, 11) is -3.69. The van der Waals surface area contributed by atoms with Gasteiger partial charge < -0.3 is 4.74 Å². The number of benzene rings is 1. The van der Waals surface area contributed by atoms with E-state index in [1.165, 1.54) is 35.6 Å². The Morgan fingerprint density at radius 2 is 1.97 bits per heavy atom. The van der Waals surface area contributed by atoms with E-state index in [0.717, 1.165) is 18.8 Å². The van der Waals surface area contributed by atoms with Gasteiger partial charge in [-0.1, -0.05) is 5.92 Å². The molecule has 0 saturated carbocycles. The van der Waals surface area contributed by atoms with Gasteiger partial charge in [-0.3, -0.25) is 15.0 Å². The number of hydrogen-bond donors (Lipinski definition) is 2. The van der Waals surface area contributed by atoms with Gasteiger partial charge in [0.1, 0.15) is 0 Å². The third-order valence-corrected chi connectivity index (χ3v) is 6.67. The number of nitrogens with one attached hydrogen (secondary N) is 2. The highest BCUT2D eigenvalue weighted by Crippen LogP contribution is 2.20. The van der Waals surface area contributed by atoms with Gasteiger partial charge in [0, 0.05) is 30.6 Å². The van der Waals surface area contributed by atoms with Crippen LogP contribution in [0, 0.1) is 12.3 Å². The molecule has 2 heterocycles.